The molecular weight excluding hydrogens is 258 g/mol. The van der Waals surface area contributed by atoms with Gasteiger partial charge in [0.1, 0.15) is 0 Å². The van der Waals surface area contributed by atoms with Crippen LogP contribution >= 0.6 is 0 Å². The molecular formula is C19H23NO. The number of hydrogen-bond donors (Lipinski definition) is 1. The Bertz CT molecular complexity index is 615. The molecule has 0 aliphatic carbocycles. The van der Waals surface area contributed by atoms with Gasteiger partial charge in [0.05, 0.1) is 12.7 Å². The van der Waals surface area contributed by atoms with Crippen LogP contribution < -0.4 is 5.73 Å². The quantitative estimate of drug-likeness (QED) is 0.934. The molecule has 0 aromatic heterocycles. The highest BCUT2D eigenvalue weighted by Crippen LogP contribution is 2.30. The standard InChI is InChI=1S/C19H23NO/c1-13-9-14(2)11-15(10-13)12-18(20)19-17-6-4-3-5-16(17)7-8-21-19/h3-6,9-11,18-19H,7-8,12,20H2,1-2H3. The van der Waals surface area contributed by atoms with E-state index in [0.717, 1.165) is 19.4 Å². The van der Waals surface area contributed by atoms with E-state index in [9.17, 15) is 0 Å². The minimum atomic E-state index is -0.00681. The predicted molar refractivity (Wildman–Crippen MR) is 86.4 cm³/mol. The number of ether oxygens (including phenoxy) is 1. The first kappa shape index (κ1) is 14.3. The van der Waals surface area contributed by atoms with Crippen LogP contribution in [0, 0.1) is 13.8 Å². The zero-order chi connectivity index (χ0) is 14.8. The van der Waals surface area contributed by atoms with E-state index >= 15 is 0 Å². The second-order valence-corrected chi connectivity index (χ2v) is 6.10. The molecule has 2 unspecified atom stereocenters. The van der Waals surface area contributed by atoms with Crippen LogP contribution in [0.5, 0.6) is 0 Å². The van der Waals surface area contributed by atoms with E-state index in [4.69, 9.17) is 10.5 Å². The fraction of sp³-hybridized carbons (Fsp3) is 0.368. The van der Waals surface area contributed by atoms with Crippen molar-refractivity contribution in [2.45, 2.75) is 38.8 Å². The lowest BCUT2D eigenvalue weighted by Crippen LogP contribution is -2.35. The molecule has 2 N–H and O–H groups in total. The van der Waals surface area contributed by atoms with E-state index < -0.39 is 0 Å². The van der Waals surface area contributed by atoms with E-state index in [1.807, 2.05) is 0 Å². The molecule has 0 saturated carbocycles. The van der Waals surface area contributed by atoms with Crippen LogP contribution in [0.25, 0.3) is 0 Å². The average Bonchev–Trinajstić information content (AvgIpc) is 2.45. The monoisotopic (exact) mass is 281 g/mol. The van der Waals surface area contributed by atoms with Crippen LogP contribution in [0.3, 0.4) is 0 Å². The minimum absolute atomic E-state index is 0.00681. The normalized spacial score (nSPS) is 19.1. The molecule has 0 saturated heterocycles. The molecule has 2 aromatic rings. The van der Waals surface area contributed by atoms with Crippen molar-refractivity contribution < 1.29 is 4.74 Å². The van der Waals surface area contributed by atoms with Gasteiger partial charge in [-0.15, -0.1) is 0 Å². The zero-order valence-electron chi connectivity index (χ0n) is 12.8. The van der Waals surface area contributed by atoms with Crippen molar-refractivity contribution in [1.82, 2.24) is 0 Å². The Kier molecular flexibility index (Phi) is 4.09. The van der Waals surface area contributed by atoms with Crippen molar-refractivity contribution in [3.8, 4) is 0 Å². The molecule has 2 aromatic carbocycles. The van der Waals surface area contributed by atoms with Crippen molar-refractivity contribution in [2.75, 3.05) is 6.61 Å². The third kappa shape index (κ3) is 3.17. The average molecular weight is 281 g/mol. The molecule has 1 heterocycles. The summed E-state index contributed by atoms with van der Waals surface area (Å²) in [6.45, 7) is 5.03. The van der Waals surface area contributed by atoms with Crippen molar-refractivity contribution >= 4 is 0 Å². The van der Waals surface area contributed by atoms with E-state index in [1.165, 1.54) is 27.8 Å². The van der Waals surface area contributed by atoms with Gasteiger partial charge in [0.25, 0.3) is 0 Å². The maximum absolute atomic E-state index is 6.47. The first-order valence-corrected chi connectivity index (χ1v) is 7.65. The summed E-state index contributed by atoms with van der Waals surface area (Å²) >= 11 is 0. The smallest absolute Gasteiger partial charge is 0.0981 e. The van der Waals surface area contributed by atoms with Gasteiger partial charge in [-0.1, -0.05) is 53.6 Å². The van der Waals surface area contributed by atoms with Crippen LogP contribution in [-0.2, 0) is 17.6 Å². The predicted octanol–water partition coefficient (Wildman–Crippen LogP) is 3.49. The van der Waals surface area contributed by atoms with Gasteiger partial charge in [-0.3, -0.25) is 0 Å². The summed E-state index contributed by atoms with van der Waals surface area (Å²) in [6, 6.07) is 15.1. The Balaban J connectivity index is 1.81. The largest absolute Gasteiger partial charge is 0.372 e. The molecule has 0 radical (unpaired) electrons. The zero-order valence-corrected chi connectivity index (χ0v) is 12.8. The van der Waals surface area contributed by atoms with Gasteiger partial charge in [-0.05, 0) is 43.4 Å². The van der Waals surface area contributed by atoms with Crippen LogP contribution in [0.15, 0.2) is 42.5 Å². The van der Waals surface area contributed by atoms with Crippen molar-refractivity contribution in [1.29, 1.82) is 0 Å². The number of fused-ring (bicyclic) bond motifs is 1. The van der Waals surface area contributed by atoms with E-state index in [0.29, 0.717) is 0 Å². The summed E-state index contributed by atoms with van der Waals surface area (Å²) in [5, 5.41) is 0. The molecule has 1 aliphatic heterocycles. The molecule has 110 valence electrons. The molecule has 3 rings (SSSR count). The summed E-state index contributed by atoms with van der Waals surface area (Å²) in [6.07, 6.45) is 1.85. The van der Waals surface area contributed by atoms with E-state index in [2.05, 4.69) is 56.3 Å². The first-order valence-electron chi connectivity index (χ1n) is 7.65. The van der Waals surface area contributed by atoms with Gasteiger partial charge < -0.3 is 10.5 Å². The summed E-state index contributed by atoms with van der Waals surface area (Å²) in [4.78, 5) is 0. The molecule has 0 bridgehead atoms. The molecule has 1 aliphatic rings. The highest BCUT2D eigenvalue weighted by atomic mass is 16.5. The maximum atomic E-state index is 6.47. The highest BCUT2D eigenvalue weighted by molar-refractivity contribution is 5.33. The van der Waals surface area contributed by atoms with Crippen LogP contribution in [0.1, 0.15) is 33.9 Å². The highest BCUT2D eigenvalue weighted by Gasteiger charge is 2.26. The molecule has 21 heavy (non-hydrogen) atoms. The van der Waals surface area contributed by atoms with Crippen molar-refractivity contribution in [3.63, 3.8) is 0 Å². The second kappa shape index (κ2) is 6.00. The second-order valence-electron chi connectivity index (χ2n) is 6.10. The van der Waals surface area contributed by atoms with Crippen LogP contribution in [0.4, 0.5) is 0 Å². The molecule has 2 atom stereocenters. The Morgan fingerprint density at radius 2 is 1.86 bits per heavy atom. The first-order chi connectivity index (χ1) is 10.1. The van der Waals surface area contributed by atoms with Crippen molar-refractivity contribution in [2.24, 2.45) is 5.73 Å². The Labute approximate surface area is 126 Å². The van der Waals surface area contributed by atoms with Crippen LogP contribution in [0.2, 0.25) is 0 Å². The fourth-order valence-electron chi connectivity index (χ4n) is 3.35. The van der Waals surface area contributed by atoms with Gasteiger partial charge in [0, 0.05) is 6.04 Å². The SMILES string of the molecule is Cc1cc(C)cc(CC(N)C2OCCc3ccccc32)c1. The Morgan fingerprint density at radius 3 is 2.62 bits per heavy atom. The number of nitrogens with two attached hydrogens (primary N) is 1. The Morgan fingerprint density at radius 1 is 1.14 bits per heavy atom. The third-order valence-electron chi connectivity index (χ3n) is 4.17. The minimum Gasteiger partial charge on any atom is -0.372 e. The maximum Gasteiger partial charge on any atom is 0.0981 e. The van der Waals surface area contributed by atoms with Gasteiger partial charge in [0.2, 0.25) is 0 Å². The Hall–Kier alpha value is -1.64. The lowest BCUT2D eigenvalue weighted by molar-refractivity contribution is 0.0246. The molecule has 0 spiro atoms. The topological polar surface area (TPSA) is 35.2 Å². The fourth-order valence-corrected chi connectivity index (χ4v) is 3.35. The summed E-state index contributed by atoms with van der Waals surface area (Å²) in [5.74, 6) is 0. The number of aryl methyl sites for hydroxylation is 2. The number of rotatable bonds is 3. The number of benzene rings is 2. The summed E-state index contributed by atoms with van der Waals surface area (Å²) in [5.41, 5.74) is 13.0. The molecule has 2 nitrogen and oxygen atoms in total. The van der Waals surface area contributed by atoms with Gasteiger partial charge in [-0.25, -0.2) is 0 Å². The third-order valence-corrected chi connectivity index (χ3v) is 4.17. The summed E-state index contributed by atoms with van der Waals surface area (Å²) in [7, 11) is 0. The van der Waals surface area contributed by atoms with Crippen molar-refractivity contribution in [3.05, 3.63) is 70.3 Å². The van der Waals surface area contributed by atoms with Gasteiger partial charge in [-0.2, -0.15) is 0 Å². The van der Waals surface area contributed by atoms with Gasteiger partial charge >= 0.3 is 0 Å². The van der Waals surface area contributed by atoms with E-state index in [-0.39, 0.29) is 12.1 Å². The molecule has 0 amide bonds. The molecule has 0 fully saturated rings. The summed E-state index contributed by atoms with van der Waals surface area (Å²) < 4.78 is 5.97. The number of hydrogen-bond acceptors (Lipinski definition) is 2. The van der Waals surface area contributed by atoms with E-state index in [1.54, 1.807) is 0 Å². The molecule has 2 heteroatoms. The van der Waals surface area contributed by atoms with Crippen LogP contribution in [-0.4, -0.2) is 12.6 Å². The lowest BCUT2D eigenvalue weighted by Gasteiger charge is -2.30. The lowest BCUT2D eigenvalue weighted by atomic mass is 9.90. The van der Waals surface area contributed by atoms with Gasteiger partial charge in [0.15, 0.2) is 0 Å².